The van der Waals surface area contributed by atoms with Crippen LogP contribution < -0.4 is 10.1 Å². The van der Waals surface area contributed by atoms with Gasteiger partial charge < -0.3 is 10.1 Å². The molecule has 1 heterocycles. The van der Waals surface area contributed by atoms with E-state index in [1.807, 2.05) is 14.0 Å². The van der Waals surface area contributed by atoms with E-state index in [9.17, 15) is 5.26 Å². The molecule has 0 unspecified atom stereocenters. The number of ether oxygens (including phenoxy) is 1. The van der Waals surface area contributed by atoms with Crippen molar-refractivity contribution < 1.29 is 4.74 Å². The van der Waals surface area contributed by atoms with Gasteiger partial charge in [-0.3, -0.25) is 0 Å². The first kappa shape index (κ1) is 24.3. The van der Waals surface area contributed by atoms with E-state index in [2.05, 4.69) is 89.5 Å². The van der Waals surface area contributed by atoms with Crippen molar-refractivity contribution in [3.8, 4) is 22.9 Å². The van der Waals surface area contributed by atoms with E-state index in [-0.39, 0.29) is 5.41 Å². The summed E-state index contributed by atoms with van der Waals surface area (Å²) in [6.45, 7) is 20.9. The fourth-order valence-corrected chi connectivity index (χ4v) is 3.72. The fraction of sp³-hybridized carbons (Fsp3) is 0.393. The number of nitrogens with one attached hydrogen (secondary N) is 1. The molecule has 0 aliphatic carbocycles. The number of hydrogen-bond donors (Lipinski definition) is 1. The lowest BCUT2D eigenvalue weighted by atomic mass is 9.80. The minimum absolute atomic E-state index is 0.126. The summed E-state index contributed by atoms with van der Waals surface area (Å²) in [4.78, 5) is 0. The summed E-state index contributed by atoms with van der Waals surface area (Å²) >= 11 is 0. The molecule has 31 heavy (non-hydrogen) atoms. The van der Waals surface area contributed by atoms with Gasteiger partial charge in [-0.25, -0.2) is 0 Å². The number of benzene rings is 2. The summed E-state index contributed by atoms with van der Waals surface area (Å²) in [6.07, 6.45) is 0.972. The van der Waals surface area contributed by atoms with Gasteiger partial charge in [-0.15, -0.1) is 0 Å². The topological polar surface area (TPSA) is 45.0 Å². The van der Waals surface area contributed by atoms with Crippen molar-refractivity contribution in [3.05, 3.63) is 77.0 Å². The van der Waals surface area contributed by atoms with E-state index in [1.165, 1.54) is 5.56 Å². The molecule has 2 aromatic carbocycles. The van der Waals surface area contributed by atoms with E-state index in [0.717, 1.165) is 51.3 Å². The van der Waals surface area contributed by atoms with E-state index in [1.54, 1.807) is 0 Å². The van der Waals surface area contributed by atoms with E-state index >= 15 is 0 Å². The van der Waals surface area contributed by atoms with Gasteiger partial charge in [0.1, 0.15) is 5.75 Å². The summed E-state index contributed by atoms with van der Waals surface area (Å²) in [6, 6.07) is 13.1. The van der Waals surface area contributed by atoms with Crippen LogP contribution in [0.5, 0.6) is 5.75 Å². The molecule has 0 atom stereocenters. The smallest absolute Gasteiger partial charge is 0.132 e. The monoisotopic (exact) mass is 416 g/mol. The van der Waals surface area contributed by atoms with Crippen LogP contribution in [0.3, 0.4) is 0 Å². The van der Waals surface area contributed by atoms with E-state index in [4.69, 9.17) is 4.74 Å². The molecule has 0 saturated carbocycles. The van der Waals surface area contributed by atoms with Crippen molar-refractivity contribution >= 4 is 0 Å². The van der Waals surface area contributed by atoms with Crippen LogP contribution in [0.4, 0.5) is 0 Å². The number of nitrogens with zero attached hydrogens (tertiary/aromatic N) is 1. The zero-order chi connectivity index (χ0) is 23.3. The molecule has 3 nitrogen and oxygen atoms in total. The van der Waals surface area contributed by atoms with Crippen molar-refractivity contribution in [1.29, 1.82) is 5.26 Å². The van der Waals surface area contributed by atoms with Gasteiger partial charge in [-0.1, -0.05) is 72.0 Å². The van der Waals surface area contributed by atoms with Crippen molar-refractivity contribution in [2.24, 2.45) is 0 Å². The Morgan fingerprint density at radius 1 is 1.23 bits per heavy atom. The number of aryl methyl sites for hydroxylation is 1. The van der Waals surface area contributed by atoms with Gasteiger partial charge in [0.25, 0.3) is 0 Å². The van der Waals surface area contributed by atoms with Crippen molar-refractivity contribution in [3.63, 3.8) is 0 Å². The lowest BCUT2D eigenvalue weighted by Gasteiger charge is -2.19. The second-order valence-corrected chi connectivity index (χ2v) is 9.07. The van der Waals surface area contributed by atoms with Crippen LogP contribution in [-0.2, 0) is 5.41 Å². The molecular formula is C28H36N2O. The molecular weight excluding hydrogens is 380 g/mol. The van der Waals surface area contributed by atoms with Crippen LogP contribution in [0.15, 0.2) is 54.8 Å². The zero-order valence-corrected chi connectivity index (χ0v) is 20.1. The highest BCUT2D eigenvalue weighted by molar-refractivity contribution is 5.77. The molecule has 0 saturated heterocycles. The standard InChI is InChI=1S/C21H23NO.C7H13N/c1-13(2)15-6-8-16(9-7-15)17-10-14(3)18(11-22)19-20(17)23-12-21(19,4)5;1-5-6(2)7(3)8-4/h6-10,13H,12H2,1-5H3;8H,2-3,5H2,1,4H3. The maximum Gasteiger partial charge on any atom is 0.132 e. The third kappa shape index (κ3) is 5.20. The SMILES string of the molecule is C=C(CC)C(=C)NC.Cc1cc(-c2ccc(C(C)C)cc2)c2c(c1C#N)C(C)(C)CO2. The number of hydrogen-bond acceptors (Lipinski definition) is 3. The van der Waals surface area contributed by atoms with Gasteiger partial charge in [0.15, 0.2) is 0 Å². The summed E-state index contributed by atoms with van der Waals surface area (Å²) < 4.78 is 6.02. The predicted octanol–water partition coefficient (Wildman–Crippen LogP) is 7.01. The molecule has 0 radical (unpaired) electrons. The van der Waals surface area contributed by atoms with Crippen LogP contribution in [0, 0.1) is 18.3 Å². The molecule has 1 N–H and O–H groups in total. The maximum absolute atomic E-state index is 9.57. The fourth-order valence-electron chi connectivity index (χ4n) is 3.72. The predicted molar refractivity (Wildman–Crippen MR) is 132 cm³/mol. The van der Waals surface area contributed by atoms with Crippen LogP contribution in [0.1, 0.15) is 69.2 Å². The summed E-state index contributed by atoms with van der Waals surface area (Å²) in [5, 5.41) is 12.5. The Labute approximate surface area is 188 Å². The number of nitriles is 1. The Morgan fingerprint density at radius 2 is 1.84 bits per heavy atom. The molecule has 0 aromatic heterocycles. The molecule has 0 bridgehead atoms. The third-order valence-corrected chi connectivity index (χ3v) is 5.89. The molecule has 164 valence electrons. The zero-order valence-electron chi connectivity index (χ0n) is 20.1. The molecule has 0 amide bonds. The second-order valence-electron chi connectivity index (χ2n) is 9.07. The summed E-state index contributed by atoms with van der Waals surface area (Å²) in [7, 11) is 1.85. The largest absolute Gasteiger partial charge is 0.492 e. The molecule has 0 spiro atoms. The highest BCUT2D eigenvalue weighted by Crippen LogP contribution is 2.47. The van der Waals surface area contributed by atoms with E-state index in [0.29, 0.717) is 12.5 Å². The maximum atomic E-state index is 9.57. The minimum Gasteiger partial charge on any atom is -0.492 e. The average molecular weight is 417 g/mol. The number of rotatable bonds is 5. The Kier molecular flexibility index (Phi) is 7.74. The van der Waals surface area contributed by atoms with Gasteiger partial charge in [-0.05, 0) is 47.6 Å². The normalized spacial score (nSPS) is 13.4. The van der Waals surface area contributed by atoms with Crippen molar-refractivity contribution in [2.45, 2.75) is 59.3 Å². The van der Waals surface area contributed by atoms with E-state index < -0.39 is 0 Å². The Bertz CT molecular complexity index is 991. The first-order valence-corrected chi connectivity index (χ1v) is 10.9. The van der Waals surface area contributed by atoms with Gasteiger partial charge in [-0.2, -0.15) is 5.26 Å². The molecule has 3 rings (SSSR count). The van der Waals surface area contributed by atoms with Gasteiger partial charge in [0.05, 0.1) is 18.2 Å². The van der Waals surface area contributed by atoms with Crippen LogP contribution in [0.2, 0.25) is 0 Å². The Balaban J connectivity index is 0.000000366. The average Bonchev–Trinajstić information content (AvgIpc) is 3.07. The second kappa shape index (κ2) is 9.88. The first-order valence-electron chi connectivity index (χ1n) is 10.9. The minimum atomic E-state index is -0.126. The first-order chi connectivity index (χ1) is 14.6. The molecule has 2 aromatic rings. The van der Waals surface area contributed by atoms with Crippen LogP contribution in [-0.4, -0.2) is 13.7 Å². The van der Waals surface area contributed by atoms with Crippen LogP contribution >= 0.6 is 0 Å². The summed E-state index contributed by atoms with van der Waals surface area (Å²) in [5.74, 6) is 1.40. The van der Waals surface area contributed by atoms with Crippen molar-refractivity contribution in [2.75, 3.05) is 13.7 Å². The van der Waals surface area contributed by atoms with Crippen LogP contribution in [0.25, 0.3) is 11.1 Å². The lowest BCUT2D eigenvalue weighted by Crippen LogP contribution is -2.19. The van der Waals surface area contributed by atoms with Crippen molar-refractivity contribution in [1.82, 2.24) is 5.32 Å². The quantitative estimate of drug-likeness (QED) is 0.533. The van der Waals surface area contributed by atoms with Gasteiger partial charge in [0.2, 0.25) is 0 Å². The number of likely N-dealkylation sites (N-methyl/N-ethyl adjacent to an activating group) is 1. The Hall–Kier alpha value is -2.99. The third-order valence-electron chi connectivity index (χ3n) is 5.89. The molecule has 1 aliphatic rings. The molecule has 1 aliphatic heterocycles. The summed E-state index contributed by atoms with van der Waals surface area (Å²) in [5.41, 5.74) is 8.31. The van der Waals surface area contributed by atoms with Gasteiger partial charge in [0, 0.05) is 29.3 Å². The van der Waals surface area contributed by atoms with Gasteiger partial charge >= 0.3 is 0 Å². The number of fused-ring (bicyclic) bond motifs is 1. The molecule has 0 fully saturated rings. The highest BCUT2D eigenvalue weighted by Gasteiger charge is 2.37. The number of allylic oxidation sites excluding steroid dienone is 1. The molecule has 3 heteroatoms. The highest BCUT2D eigenvalue weighted by atomic mass is 16.5. The Morgan fingerprint density at radius 3 is 2.29 bits per heavy atom. The lowest BCUT2D eigenvalue weighted by molar-refractivity contribution is 0.291.